The Balaban J connectivity index is 1.84. The molecule has 1 saturated carbocycles. The molecule has 2 nitrogen and oxygen atoms in total. The van der Waals surface area contributed by atoms with Gasteiger partial charge in [0.15, 0.2) is 0 Å². The Hall–Kier alpha value is -1.07. The summed E-state index contributed by atoms with van der Waals surface area (Å²) in [6, 6.07) is 6.12. The van der Waals surface area contributed by atoms with Crippen molar-refractivity contribution in [1.82, 2.24) is 10.2 Å². The highest BCUT2D eigenvalue weighted by atomic mass is 19.4. The lowest BCUT2D eigenvalue weighted by molar-refractivity contribution is -0.137. The van der Waals surface area contributed by atoms with Crippen LogP contribution in [0, 0.1) is 5.92 Å². The molecule has 1 aliphatic carbocycles. The second-order valence-electron chi connectivity index (χ2n) is 6.40. The van der Waals surface area contributed by atoms with Gasteiger partial charge in [0.2, 0.25) is 0 Å². The molecular formula is C17H23F3N2. The van der Waals surface area contributed by atoms with Gasteiger partial charge in [0.1, 0.15) is 0 Å². The minimum absolute atomic E-state index is 0.270. The second kappa shape index (κ2) is 6.59. The van der Waals surface area contributed by atoms with Crippen molar-refractivity contribution in [3.63, 3.8) is 0 Å². The highest BCUT2D eigenvalue weighted by Crippen LogP contribution is 2.40. The summed E-state index contributed by atoms with van der Waals surface area (Å²) in [6.07, 6.45) is 0.615. The Morgan fingerprint density at radius 3 is 2.14 bits per heavy atom. The predicted octanol–water partition coefficient (Wildman–Crippen LogP) is 3.84. The lowest BCUT2D eigenvalue weighted by atomic mass is 9.89. The van der Waals surface area contributed by atoms with Gasteiger partial charge in [0, 0.05) is 32.2 Å². The van der Waals surface area contributed by atoms with Crippen LogP contribution in [0.15, 0.2) is 24.3 Å². The molecule has 1 heterocycles. The van der Waals surface area contributed by atoms with Crippen molar-refractivity contribution in [2.45, 2.75) is 37.9 Å². The molecule has 1 atom stereocenters. The fourth-order valence-electron chi connectivity index (χ4n) is 3.88. The van der Waals surface area contributed by atoms with Crippen molar-refractivity contribution in [3.8, 4) is 0 Å². The summed E-state index contributed by atoms with van der Waals surface area (Å²) in [6.45, 7) is 3.87. The number of rotatable bonds is 3. The maximum Gasteiger partial charge on any atom is 0.416 e. The molecule has 1 saturated heterocycles. The van der Waals surface area contributed by atoms with E-state index in [1.807, 2.05) is 0 Å². The average molecular weight is 312 g/mol. The Bertz CT molecular complexity index is 472. The van der Waals surface area contributed by atoms with Gasteiger partial charge in [-0.2, -0.15) is 13.2 Å². The minimum atomic E-state index is -4.25. The van der Waals surface area contributed by atoms with Gasteiger partial charge >= 0.3 is 6.18 Å². The normalized spacial score (nSPS) is 22.9. The first-order chi connectivity index (χ1) is 10.6. The summed E-state index contributed by atoms with van der Waals surface area (Å²) in [5, 5.41) is 3.35. The Morgan fingerprint density at radius 2 is 1.59 bits per heavy atom. The topological polar surface area (TPSA) is 15.3 Å². The van der Waals surface area contributed by atoms with Gasteiger partial charge < -0.3 is 5.32 Å². The van der Waals surface area contributed by atoms with E-state index in [1.54, 1.807) is 12.1 Å². The van der Waals surface area contributed by atoms with E-state index in [-0.39, 0.29) is 6.04 Å². The smallest absolute Gasteiger partial charge is 0.314 e. The number of piperazine rings is 1. The maximum absolute atomic E-state index is 12.8. The summed E-state index contributed by atoms with van der Waals surface area (Å²) < 4.78 is 38.3. The van der Waals surface area contributed by atoms with Crippen molar-refractivity contribution < 1.29 is 13.2 Å². The second-order valence-corrected chi connectivity index (χ2v) is 6.40. The van der Waals surface area contributed by atoms with E-state index in [4.69, 9.17) is 0 Å². The van der Waals surface area contributed by atoms with Crippen LogP contribution in [-0.2, 0) is 6.18 Å². The Kier molecular flexibility index (Phi) is 4.73. The Labute approximate surface area is 129 Å². The largest absolute Gasteiger partial charge is 0.416 e. The molecule has 2 fully saturated rings. The van der Waals surface area contributed by atoms with Crippen molar-refractivity contribution in [2.24, 2.45) is 5.92 Å². The summed E-state index contributed by atoms with van der Waals surface area (Å²) in [7, 11) is 0. The van der Waals surface area contributed by atoms with Gasteiger partial charge in [0.25, 0.3) is 0 Å². The molecule has 0 unspecified atom stereocenters. The maximum atomic E-state index is 12.8. The van der Waals surface area contributed by atoms with E-state index in [0.29, 0.717) is 5.92 Å². The van der Waals surface area contributed by atoms with E-state index in [0.717, 1.165) is 31.7 Å². The monoisotopic (exact) mass is 312 g/mol. The van der Waals surface area contributed by atoms with Gasteiger partial charge in [0.05, 0.1) is 5.56 Å². The molecule has 1 N–H and O–H groups in total. The molecule has 5 heteroatoms. The molecule has 0 radical (unpaired) electrons. The lowest BCUT2D eigenvalue weighted by Crippen LogP contribution is -2.46. The highest BCUT2D eigenvalue weighted by Gasteiger charge is 2.34. The van der Waals surface area contributed by atoms with Crippen LogP contribution in [0.5, 0.6) is 0 Å². The highest BCUT2D eigenvalue weighted by molar-refractivity contribution is 5.27. The van der Waals surface area contributed by atoms with Crippen molar-refractivity contribution in [3.05, 3.63) is 35.4 Å². The lowest BCUT2D eigenvalue weighted by Gasteiger charge is -2.38. The molecule has 3 rings (SSSR count). The number of halogens is 3. The van der Waals surface area contributed by atoms with E-state index < -0.39 is 11.7 Å². The first-order valence-corrected chi connectivity index (χ1v) is 8.17. The predicted molar refractivity (Wildman–Crippen MR) is 80.6 cm³/mol. The number of benzene rings is 1. The zero-order valence-corrected chi connectivity index (χ0v) is 12.7. The van der Waals surface area contributed by atoms with Gasteiger partial charge in [-0.25, -0.2) is 0 Å². The summed E-state index contributed by atoms with van der Waals surface area (Å²) >= 11 is 0. The zero-order valence-electron chi connectivity index (χ0n) is 12.7. The molecular weight excluding hydrogens is 289 g/mol. The van der Waals surface area contributed by atoms with Crippen LogP contribution < -0.4 is 5.32 Å². The van der Waals surface area contributed by atoms with E-state index in [2.05, 4.69) is 10.2 Å². The SMILES string of the molecule is FC(F)(F)c1ccc([C@@H](C2CCCC2)N2CCNCC2)cc1. The van der Waals surface area contributed by atoms with Gasteiger partial charge in [-0.15, -0.1) is 0 Å². The molecule has 122 valence electrons. The third-order valence-corrected chi connectivity index (χ3v) is 4.97. The van der Waals surface area contributed by atoms with E-state index in [1.165, 1.54) is 37.8 Å². The van der Waals surface area contributed by atoms with Crippen LogP contribution in [0.1, 0.15) is 42.9 Å². The van der Waals surface area contributed by atoms with Crippen molar-refractivity contribution >= 4 is 0 Å². The number of hydrogen-bond donors (Lipinski definition) is 1. The first kappa shape index (κ1) is 15.8. The van der Waals surface area contributed by atoms with Crippen LogP contribution in [0.4, 0.5) is 13.2 Å². The molecule has 1 aromatic rings. The minimum Gasteiger partial charge on any atom is -0.314 e. The molecule has 0 bridgehead atoms. The van der Waals surface area contributed by atoms with Crippen LogP contribution >= 0.6 is 0 Å². The fourth-order valence-corrected chi connectivity index (χ4v) is 3.88. The van der Waals surface area contributed by atoms with Crippen LogP contribution in [-0.4, -0.2) is 31.1 Å². The number of nitrogens with one attached hydrogen (secondary N) is 1. The molecule has 1 aromatic carbocycles. The van der Waals surface area contributed by atoms with Gasteiger partial charge in [-0.05, 0) is 36.5 Å². The van der Waals surface area contributed by atoms with Gasteiger partial charge in [-0.3, -0.25) is 4.90 Å². The van der Waals surface area contributed by atoms with E-state index >= 15 is 0 Å². The molecule has 0 amide bonds. The first-order valence-electron chi connectivity index (χ1n) is 8.17. The summed E-state index contributed by atoms with van der Waals surface area (Å²) in [4.78, 5) is 2.45. The van der Waals surface area contributed by atoms with E-state index in [9.17, 15) is 13.2 Å². The number of hydrogen-bond acceptors (Lipinski definition) is 2. The van der Waals surface area contributed by atoms with Crippen molar-refractivity contribution in [2.75, 3.05) is 26.2 Å². The van der Waals surface area contributed by atoms with Crippen LogP contribution in [0.25, 0.3) is 0 Å². The Morgan fingerprint density at radius 1 is 1.00 bits per heavy atom. The summed E-state index contributed by atoms with van der Waals surface area (Å²) in [5.41, 5.74) is 0.489. The summed E-state index contributed by atoms with van der Waals surface area (Å²) in [5.74, 6) is 0.579. The standard InChI is InChI=1S/C17H23F3N2/c18-17(19,20)15-7-5-14(6-8-15)16(13-3-1-2-4-13)22-11-9-21-10-12-22/h5-8,13,16,21H,1-4,9-12H2/t16-/m1/s1. The third-order valence-electron chi connectivity index (χ3n) is 4.97. The third kappa shape index (κ3) is 3.46. The molecule has 1 aliphatic heterocycles. The average Bonchev–Trinajstić information content (AvgIpc) is 3.02. The number of nitrogens with zero attached hydrogens (tertiary/aromatic N) is 1. The van der Waals surface area contributed by atoms with Crippen LogP contribution in [0.3, 0.4) is 0 Å². The molecule has 22 heavy (non-hydrogen) atoms. The molecule has 0 spiro atoms. The molecule has 0 aromatic heterocycles. The number of alkyl halides is 3. The van der Waals surface area contributed by atoms with Gasteiger partial charge in [-0.1, -0.05) is 25.0 Å². The quantitative estimate of drug-likeness (QED) is 0.912. The zero-order chi connectivity index (χ0) is 15.6. The van der Waals surface area contributed by atoms with Crippen LogP contribution in [0.2, 0.25) is 0 Å². The molecule has 2 aliphatic rings. The van der Waals surface area contributed by atoms with Crippen molar-refractivity contribution in [1.29, 1.82) is 0 Å². The fraction of sp³-hybridized carbons (Fsp3) is 0.647.